The zero-order chi connectivity index (χ0) is 11.1. The second-order valence-corrected chi connectivity index (χ2v) is 4.99. The summed E-state index contributed by atoms with van der Waals surface area (Å²) in [6.45, 7) is -0.165. The van der Waals surface area contributed by atoms with Crippen LogP contribution in [0.5, 0.6) is 0 Å². The SMILES string of the molecule is O=C1CC2(CC(=O)N1)CC(CO)(CO)C2. The van der Waals surface area contributed by atoms with Crippen molar-refractivity contribution in [3.05, 3.63) is 0 Å². The Kier molecular flexibility index (Phi) is 2.31. The molecule has 0 atom stereocenters. The van der Waals surface area contributed by atoms with E-state index in [4.69, 9.17) is 10.2 Å². The molecular weight excluding hydrogens is 198 g/mol. The van der Waals surface area contributed by atoms with Crippen LogP contribution in [0.1, 0.15) is 25.7 Å². The quantitative estimate of drug-likeness (QED) is 0.523. The third kappa shape index (κ3) is 1.66. The van der Waals surface area contributed by atoms with Gasteiger partial charge in [0.25, 0.3) is 0 Å². The van der Waals surface area contributed by atoms with E-state index in [0.717, 1.165) is 0 Å². The van der Waals surface area contributed by atoms with Crippen molar-refractivity contribution in [3.63, 3.8) is 0 Å². The summed E-state index contributed by atoms with van der Waals surface area (Å²) in [7, 11) is 0. The van der Waals surface area contributed by atoms with Gasteiger partial charge in [0.1, 0.15) is 0 Å². The van der Waals surface area contributed by atoms with Gasteiger partial charge >= 0.3 is 0 Å². The minimum absolute atomic E-state index is 0.0823. The number of hydrogen-bond acceptors (Lipinski definition) is 4. The third-order valence-electron chi connectivity index (χ3n) is 3.52. The molecule has 1 spiro atoms. The van der Waals surface area contributed by atoms with E-state index in [1.165, 1.54) is 0 Å². The van der Waals surface area contributed by atoms with E-state index in [-0.39, 0.29) is 30.4 Å². The minimum Gasteiger partial charge on any atom is -0.396 e. The van der Waals surface area contributed by atoms with E-state index < -0.39 is 5.41 Å². The van der Waals surface area contributed by atoms with E-state index in [0.29, 0.717) is 25.7 Å². The smallest absolute Gasteiger partial charge is 0.227 e. The molecule has 2 amide bonds. The molecule has 1 saturated heterocycles. The molecule has 0 aromatic heterocycles. The number of amides is 2. The standard InChI is InChI=1S/C10H15NO4/c12-5-10(6-13)3-9(4-10)1-7(14)11-8(15)2-9/h12-13H,1-6H2,(H,11,14,15). The van der Waals surface area contributed by atoms with Gasteiger partial charge in [-0.05, 0) is 18.3 Å². The number of piperidine rings is 1. The highest BCUT2D eigenvalue weighted by Gasteiger charge is 2.56. The lowest BCUT2D eigenvalue weighted by molar-refractivity contribution is -0.157. The summed E-state index contributed by atoms with van der Waals surface area (Å²) in [5.74, 6) is -0.480. The van der Waals surface area contributed by atoms with Crippen molar-refractivity contribution in [2.24, 2.45) is 10.8 Å². The molecule has 0 bridgehead atoms. The lowest BCUT2D eigenvalue weighted by atomic mass is 9.50. The molecule has 0 radical (unpaired) electrons. The molecular formula is C10H15NO4. The molecule has 1 aliphatic heterocycles. The van der Waals surface area contributed by atoms with E-state index in [2.05, 4.69) is 5.32 Å². The molecule has 2 fully saturated rings. The molecule has 15 heavy (non-hydrogen) atoms. The maximum atomic E-state index is 11.2. The highest BCUT2D eigenvalue weighted by atomic mass is 16.3. The molecule has 0 unspecified atom stereocenters. The van der Waals surface area contributed by atoms with Crippen LogP contribution in [-0.2, 0) is 9.59 Å². The number of aliphatic hydroxyl groups excluding tert-OH is 2. The van der Waals surface area contributed by atoms with Crippen molar-refractivity contribution < 1.29 is 19.8 Å². The number of rotatable bonds is 2. The van der Waals surface area contributed by atoms with Crippen molar-refractivity contribution in [1.29, 1.82) is 0 Å². The van der Waals surface area contributed by atoms with Gasteiger partial charge in [0.2, 0.25) is 11.8 Å². The minimum atomic E-state index is -0.474. The number of carbonyl (C=O) groups is 2. The molecule has 0 aromatic rings. The zero-order valence-electron chi connectivity index (χ0n) is 8.45. The Balaban J connectivity index is 2.06. The van der Waals surface area contributed by atoms with E-state index in [1.54, 1.807) is 0 Å². The van der Waals surface area contributed by atoms with Crippen molar-refractivity contribution in [2.45, 2.75) is 25.7 Å². The predicted molar refractivity (Wildman–Crippen MR) is 50.7 cm³/mol. The van der Waals surface area contributed by atoms with Gasteiger partial charge in [-0.15, -0.1) is 0 Å². The van der Waals surface area contributed by atoms with Gasteiger partial charge < -0.3 is 10.2 Å². The van der Waals surface area contributed by atoms with Gasteiger partial charge in [-0.1, -0.05) is 0 Å². The average Bonchev–Trinajstić information content (AvgIpc) is 2.11. The summed E-state index contributed by atoms with van der Waals surface area (Å²) in [5, 5.41) is 20.5. The topological polar surface area (TPSA) is 86.6 Å². The summed E-state index contributed by atoms with van der Waals surface area (Å²) in [4.78, 5) is 22.4. The lowest BCUT2D eigenvalue weighted by Gasteiger charge is -2.55. The van der Waals surface area contributed by atoms with Gasteiger partial charge in [-0.25, -0.2) is 0 Å². The van der Waals surface area contributed by atoms with Crippen molar-refractivity contribution in [2.75, 3.05) is 13.2 Å². The van der Waals surface area contributed by atoms with Crippen LogP contribution in [0.2, 0.25) is 0 Å². The Morgan fingerprint density at radius 2 is 1.53 bits per heavy atom. The Labute approximate surface area is 87.5 Å². The van der Waals surface area contributed by atoms with Crippen LogP contribution in [0.3, 0.4) is 0 Å². The molecule has 0 aromatic carbocycles. The van der Waals surface area contributed by atoms with E-state index >= 15 is 0 Å². The fourth-order valence-electron chi connectivity index (χ4n) is 3.05. The summed E-state index contributed by atoms with van der Waals surface area (Å²) in [6.07, 6.45) is 1.79. The molecule has 2 rings (SSSR count). The van der Waals surface area contributed by atoms with Crippen LogP contribution < -0.4 is 5.32 Å². The molecule has 1 aliphatic carbocycles. The van der Waals surface area contributed by atoms with Gasteiger partial charge in [-0.3, -0.25) is 14.9 Å². The Morgan fingerprint density at radius 3 is 1.93 bits per heavy atom. The number of imide groups is 1. The molecule has 5 heteroatoms. The predicted octanol–water partition coefficient (Wildman–Crippen LogP) is -0.826. The Morgan fingerprint density at radius 1 is 1.07 bits per heavy atom. The molecule has 5 nitrogen and oxygen atoms in total. The third-order valence-corrected chi connectivity index (χ3v) is 3.52. The monoisotopic (exact) mass is 213 g/mol. The van der Waals surface area contributed by atoms with Crippen LogP contribution in [0.15, 0.2) is 0 Å². The van der Waals surface area contributed by atoms with Crippen LogP contribution in [0.4, 0.5) is 0 Å². The van der Waals surface area contributed by atoms with Crippen LogP contribution in [0, 0.1) is 10.8 Å². The van der Waals surface area contributed by atoms with Crippen LogP contribution >= 0.6 is 0 Å². The normalized spacial score (nSPS) is 27.3. The van der Waals surface area contributed by atoms with Crippen LogP contribution in [0.25, 0.3) is 0 Å². The molecule has 1 saturated carbocycles. The van der Waals surface area contributed by atoms with Crippen molar-refractivity contribution in [3.8, 4) is 0 Å². The molecule has 84 valence electrons. The maximum Gasteiger partial charge on any atom is 0.227 e. The number of nitrogens with one attached hydrogen (secondary N) is 1. The van der Waals surface area contributed by atoms with Crippen LogP contribution in [-0.4, -0.2) is 35.2 Å². The van der Waals surface area contributed by atoms with Crippen molar-refractivity contribution in [1.82, 2.24) is 5.32 Å². The fourth-order valence-corrected chi connectivity index (χ4v) is 3.05. The first-order chi connectivity index (χ1) is 7.03. The average molecular weight is 213 g/mol. The summed E-state index contributed by atoms with van der Waals surface area (Å²) >= 11 is 0. The Bertz CT molecular complexity index is 283. The second kappa shape index (κ2) is 3.28. The number of aliphatic hydroxyl groups is 2. The van der Waals surface area contributed by atoms with Gasteiger partial charge in [0, 0.05) is 18.3 Å². The summed E-state index contributed by atoms with van der Waals surface area (Å²) in [5.41, 5.74) is -0.775. The highest BCUT2D eigenvalue weighted by Crippen LogP contribution is 2.58. The van der Waals surface area contributed by atoms with Gasteiger partial charge in [-0.2, -0.15) is 0 Å². The maximum absolute atomic E-state index is 11.2. The van der Waals surface area contributed by atoms with E-state index in [9.17, 15) is 9.59 Å². The highest BCUT2D eigenvalue weighted by molar-refractivity contribution is 5.98. The van der Waals surface area contributed by atoms with Gasteiger partial charge in [0.05, 0.1) is 13.2 Å². The molecule has 3 N–H and O–H groups in total. The second-order valence-electron chi connectivity index (χ2n) is 4.99. The first-order valence-electron chi connectivity index (χ1n) is 5.08. The molecule has 1 heterocycles. The summed E-state index contributed by atoms with van der Waals surface area (Å²) in [6, 6.07) is 0. The Hall–Kier alpha value is -0.940. The number of hydrogen-bond donors (Lipinski definition) is 3. The van der Waals surface area contributed by atoms with E-state index in [1.807, 2.05) is 0 Å². The van der Waals surface area contributed by atoms with Crippen molar-refractivity contribution >= 4 is 11.8 Å². The first kappa shape index (κ1) is 10.6. The number of carbonyl (C=O) groups excluding carboxylic acids is 2. The fraction of sp³-hybridized carbons (Fsp3) is 0.800. The zero-order valence-corrected chi connectivity index (χ0v) is 8.45. The van der Waals surface area contributed by atoms with Gasteiger partial charge in [0.15, 0.2) is 0 Å². The molecule has 2 aliphatic rings. The largest absolute Gasteiger partial charge is 0.396 e. The summed E-state index contributed by atoms with van der Waals surface area (Å²) < 4.78 is 0. The first-order valence-corrected chi connectivity index (χ1v) is 5.08. The lowest BCUT2D eigenvalue weighted by Crippen LogP contribution is -2.57.